The molecule has 102 valence electrons. The summed E-state index contributed by atoms with van der Waals surface area (Å²) in [6, 6.07) is 7.13. The van der Waals surface area contributed by atoms with Crippen LogP contribution in [0.25, 0.3) is 0 Å². The van der Waals surface area contributed by atoms with E-state index in [1.165, 1.54) is 0 Å². The van der Waals surface area contributed by atoms with Gasteiger partial charge in [-0.25, -0.2) is 0 Å². The third kappa shape index (κ3) is 3.56. The molecule has 0 aromatic heterocycles. The number of amides is 1. The van der Waals surface area contributed by atoms with Crippen LogP contribution < -0.4 is 9.64 Å². The van der Waals surface area contributed by atoms with Gasteiger partial charge >= 0.3 is 5.97 Å². The molecule has 0 aliphatic carbocycles. The first-order chi connectivity index (χ1) is 9.20. The fourth-order valence-corrected chi connectivity index (χ4v) is 2.12. The van der Waals surface area contributed by atoms with E-state index in [1.807, 2.05) is 19.1 Å². The molecular formula is C15H19NO3. The maximum atomic E-state index is 11.6. The normalized spacial score (nSPS) is 14.8. The first-order valence-corrected chi connectivity index (χ1v) is 6.82. The number of carbonyl (C=O) groups is 2. The van der Waals surface area contributed by atoms with Crippen molar-refractivity contribution in [3.05, 3.63) is 24.3 Å². The molecule has 2 rings (SSSR count). The number of hydrogen-bond acceptors (Lipinski definition) is 3. The van der Waals surface area contributed by atoms with Gasteiger partial charge in [-0.2, -0.15) is 0 Å². The molecule has 0 saturated carbocycles. The Morgan fingerprint density at radius 3 is 2.63 bits per heavy atom. The van der Waals surface area contributed by atoms with E-state index in [2.05, 4.69) is 0 Å². The van der Waals surface area contributed by atoms with Gasteiger partial charge < -0.3 is 9.64 Å². The summed E-state index contributed by atoms with van der Waals surface area (Å²) in [6.45, 7) is 2.81. The average Bonchev–Trinajstić information content (AvgIpc) is 2.83. The number of nitrogens with zero attached hydrogens (tertiary/aromatic N) is 1. The molecular weight excluding hydrogens is 242 g/mol. The molecule has 0 atom stereocenters. The van der Waals surface area contributed by atoms with Crippen LogP contribution in [0.2, 0.25) is 0 Å². The molecule has 1 aliphatic heterocycles. The largest absolute Gasteiger partial charge is 0.427 e. The molecule has 4 heteroatoms. The van der Waals surface area contributed by atoms with Crippen LogP contribution >= 0.6 is 0 Å². The summed E-state index contributed by atoms with van der Waals surface area (Å²) in [5.74, 6) is 0.496. The molecule has 0 spiro atoms. The van der Waals surface area contributed by atoms with E-state index in [0.29, 0.717) is 18.6 Å². The van der Waals surface area contributed by atoms with Crippen molar-refractivity contribution >= 4 is 17.6 Å². The minimum Gasteiger partial charge on any atom is -0.427 e. The third-order valence-electron chi connectivity index (χ3n) is 3.19. The number of rotatable bonds is 5. The van der Waals surface area contributed by atoms with Crippen molar-refractivity contribution in [2.24, 2.45) is 0 Å². The zero-order chi connectivity index (χ0) is 13.7. The van der Waals surface area contributed by atoms with Crippen molar-refractivity contribution in [1.29, 1.82) is 0 Å². The lowest BCUT2D eigenvalue weighted by Gasteiger charge is -2.15. The first-order valence-electron chi connectivity index (χ1n) is 6.82. The van der Waals surface area contributed by atoms with Gasteiger partial charge in [0.25, 0.3) is 0 Å². The van der Waals surface area contributed by atoms with E-state index >= 15 is 0 Å². The number of hydrogen-bond donors (Lipinski definition) is 0. The second-order valence-electron chi connectivity index (χ2n) is 4.72. The number of carbonyl (C=O) groups excluding carboxylic acids is 2. The highest BCUT2D eigenvalue weighted by molar-refractivity contribution is 5.95. The van der Waals surface area contributed by atoms with Crippen LogP contribution in [-0.2, 0) is 9.59 Å². The Labute approximate surface area is 113 Å². The van der Waals surface area contributed by atoms with Gasteiger partial charge in [-0.05, 0) is 37.1 Å². The van der Waals surface area contributed by atoms with Crippen LogP contribution in [0.3, 0.4) is 0 Å². The third-order valence-corrected chi connectivity index (χ3v) is 3.19. The van der Waals surface area contributed by atoms with E-state index in [9.17, 15) is 9.59 Å². The lowest BCUT2D eigenvalue weighted by Crippen LogP contribution is -2.23. The fourth-order valence-electron chi connectivity index (χ4n) is 2.12. The molecule has 1 amide bonds. The lowest BCUT2D eigenvalue weighted by molar-refractivity contribution is -0.134. The maximum Gasteiger partial charge on any atom is 0.311 e. The summed E-state index contributed by atoms with van der Waals surface area (Å²) in [7, 11) is 0. The van der Waals surface area contributed by atoms with Crippen molar-refractivity contribution in [2.45, 2.75) is 39.0 Å². The van der Waals surface area contributed by atoms with Gasteiger partial charge in [0.15, 0.2) is 0 Å². The monoisotopic (exact) mass is 261 g/mol. The maximum absolute atomic E-state index is 11.6. The fraction of sp³-hybridized carbons (Fsp3) is 0.467. The van der Waals surface area contributed by atoms with Crippen LogP contribution in [0.5, 0.6) is 5.75 Å². The molecule has 0 N–H and O–H groups in total. The Morgan fingerprint density at radius 1 is 1.32 bits per heavy atom. The number of esters is 1. The molecule has 0 unspecified atom stereocenters. The van der Waals surface area contributed by atoms with Gasteiger partial charge in [-0.15, -0.1) is 0 Å². The quantitative estimate of drug-likeness (QED) is 0.604. The summed E-state index contributed by atoms with van der Waals surface area (Å²) in [4.78, 5) is 24.8. The van der Waals surface area contributed by atoms with Gasteiger partial charge in [-0.3, -0.25) is 9.59 Å². The summed E-state index contributed by atoms with van der Waals surface area (Å²) in [5, 5.41) is 0. The van der Waals surface area contributed by atoms with Crippen molar-refractivity contribution in [3.8, 4) is 5.75 Å². The summed E-state index contributed by atoms with van der Waals surface area (Å²) < 4.78 is 5.22. The highest BCUT2D eigenvalue weighted by Gasteiger charge is 2.21. The Morgan fingerprint density at radius 2 is 2.05 bits per heavy atom. The highest BCUT2D eigenvalue weighted by Crippen LogP contribution is 2.24. The zero-order valence-corrected chi connectivity index (χ0v) is 11.2. The number of ether oxygens (including phenoxy) is 1. The average molecular weight is 261 g/mol. The predicted octanol–water partition coefficient (Wildman–Crippen LogP) is 2.91. The molecule has 1 aromatic rings. The molecule has 1 saturated heterocycles. The van der Waals surface area contributed by atoms with Crippen LogP contribution in [0.4, 0.5) is 5.69 Å². The van der Waals surface area contributed by atoms with E-state index < -0.39 is 0 Å². The van der Waals surface area contributed by atoms with Crippen LogP contribution in [0, 0.1) is 0 Å². The van der Waals surface area contributed by atoms with Crippen molar-refractivity contribution in [2.75, 3.05) is 11.4 Å². The van der Waals surface area contributed by atoms with Crippen LogP contribution in [-0.4, -0.2) is 18.4 Å². The highest BCUT2D eigenvalue weighted by atomic mass is 16.5. The Kier molecular flexibility index (Phi) is 4.55. The van der Waals surface area contributed by atoms with Crippen molar-refractivity contribution in [3.63, 3.8) is 0 Å². The molecule has 1 aliphatic rings. The molecule has 1 aromatic carbocycles. The summed E-state index contributed by atoms with van der Waals surface area (Å²) in [6.07, 6.45) is 3.80. The Balaban J connectivity index is 1.94. The van der Waals surface area contributed by atoms with Gasteiger partial charge in [-0.1, -0.05) is 13.3 Å². The second kappa shape index (κ2) is 6.36. The van der Waals surface area contributed by atoms with Gasteiger partial charge in [0.2, 0.25) is 5.91 Å². The van der Waals surface area contributed by atoms with Crippen molar-refractivity contribution in [1.82, 2.24) is 0 Å². The minimum absolute atomic E-state index is 0.160. The second-order valence-corrected chi connectivity index (χ2v) is 4.72. The van der Waals surface area contributed by atoms with Gasteiger partial charge in [0.05, 0.1) is 0 Å². The smallest absolute Gasteiger partial charge is 0.311 e. The molecule has 0 bridgehead atoms. The van der Waals surface area contributed by atoms with Gasteiger partial charge in [0.1, 0.15) is 5.75 Å². The van der Waals surface area contributed by atoms with Gasteiger partial charge in [0, 0.05) is 25.1 Å². The molecule has 4 nitrogen and oxygen atoms in total. The number of benzene rings is 1. The summed E-state index contributed by atoms with van der Waals surface area (Å²) >= 11 is 0. The number of unbranched alkanes of at least 4 members (excludes halogenated alkanes) is 1. The molecule has 0 radical (unpaired) electrons. The minimum atomic E-state index is -0.202. The molecule has 1 heterocycles. The predicted molar refractivity (Wildman–Crippen MR) is 73.2 cm³/mol. The van der Waals surface area contributed by atoms with Crippen molar-refractivity contribution < 1.29 is 14.3 Å². The standard InChI is InChI=1S/C15H19NO3/c1-2-3-6-15(18)19-13-9-7-12(8-10-13)16-11-4-5-14(16)17/h7-10H,2-6,11H2,1H3. The Bertz CT molecular complexity index is 453. The van der Waals surface area contributed by atoms with Crippen LogP contribution in [0.1, 0.15) is 39.0 Å². The topological polar surface area (TPSA) is 46.6 Å². The van der Waals surface area contributed by atoms with E-state index in [1.54, 1.807) is 17.0 Å². The zero-order valence-electron chi connectivity index (χ0n) is 11.2. The van der Waals surface area contributed by atoms with E-state index in [-0.39, 0.29) is 11.9 Å². The van der Waals surface area contributed by atoms with Crippen LogP contribution in [0.15, 0.2) is 24.3 Å². The lowest BCUT2D eigenvalue weighted by atomic mass is 10.2. The molecule has 19 heavy (non-hydrogen) atoms. The van der Waals surface area contributed by atoms with E-state index in [4.69, 9.17) is 4.74 Å². The Hall–Kier alpha value is -1.84. The summed E-state index contributed by atoms with van der Waals surface area (Å²) in [5.41, 5.74) is 0.871. The van der Waals surface area contributed by atoms with E-state index in [0.717, 1.165) is 31.5 Å². The first kappa shape index (κ1) is 13.6. The molecule has 1 fully saturated rings. The number of anilines is 1. The SMILES string of the molecule is CCCCC(=O)Oc1ccc(N2CCCC2=O)cc1.